The van der Waals surface area contributed by atoms with Gasteiger partial charge in [0.25, 0.3) is 0 Å². The Labute approximate surface area is 118 Å². The number of anilines is 3. The van der Waals surface area contributed by atoms with Gasteiger partial charge in [-0.15, -0.1) is 0 Å². The third kappa shape index (κ3) is 2.76. The molecular formula is C14H11F3N2O2. The van der Waals surface area contributed by atoms with Gasteiger partial charge in [-0.1, -0.05) is 6.07 Å². The number of carbonyl (C=O) groups excluding carboxylic acids is 1. The quantitative estimate of drug-likeness (QED) is 0.518. The van der Waals surface area contributed by atoms with E-state index < -0.39 is 23.4 Å². The average molecular weight is 296 g/mol. The van der Waals surface area contributed by atoms with Gasteiger partial charge in [-0.05, 0) is 24.3 Å². The van der Waals surface area contributed by atoms with Crippen LogP contribution in [0.25, 0.3) is 0 Å². The molecule has 0 heterocycles. The first-order valence-electron chi connectivity index (χ1n) is 5.83. The molecule has 0 radical (unpaired) electrons. The number of hydrogen-bond acceptors (Lipinski definition) is 4. The SMILES string of the molecule is COC(=O)c1cccc(N)c1Nc1ccc(F)c(F)c1F. The van der Waals surface area contributed by atoms with Gasteiger partial charge in [0.2, 0.25) is 0 Å². The molecule has 7 heteroatoms. The van der Waals surface area contributed by atoms with E-state index in [1.54, 1.807) is 0 Å². The number of nitrogen functional groups attached to an aromatic ring is 1. The average Bonchev–Trinajstić information content (AvgIpc) is 2.48. The van der Waals surface area contributed by atoms with Crippen LogP contribution in [0.5, 0.6) is 0 Å². The van der Waals surface area contributed by atoms with Crippen molar-refractivity contribution in [2.45, 2.75) is 0 Å². The Kier molecular flexibility index (Phi) is 4.02. The van der Waals surface area contributed by atoms with Gasteiger partial charge in [0.05, 0.1) is 29.7 Å². The molecule has 0 spiro atoms. The van der Waals surface area contributed by atoms with Crippen molar-refractivity contribution in [1.29, 1.82) is 0 Å². The van der Waals surface area contributed by atoms with Crippen molar-refractivity contribution in [1.82, 2.24) is 0 Å². The van der Waals surface area contributed by atoms with Crippen molar-refractivity contribution in [3.05, 3.63) is 53.3 Å². The summed E-state index contributed by atoms with van der Waals surface area (Å²) in [6.07, 6.45) is 0. The molecule has 3 N–H and O–H groups in total. The second-order valence-electron chi connectivity index (χ2n) is 4.11. The van der Waals surface area contributed by atoms with E-state index in [2.05, 4.69) is 10.1 Å². The van der Waals surface area contributed by atoms with E-state index in [1.807, 2.05) is 0 Å². The Morgan fingerprint density at radius 1 is 1.14 bits per heavy atom. The lowest BCUT2D eigenvalue weighted by Gasteiger charge is -2.14. The Bertz CT molecular complexity index is 705. The molecule has 0 atom stereocenters. The van der Waals surface area contributed by atoms with Crippen LogP contribution in [0.3, 0.4) is 0 Å². The lowest BCUT2D eigenvalue weighted by Crippen LogP contribution is -2.09. The van der Waals surface area contributed by atoms with Crippen LogP contribution in [0.4, 0.5) is 30.2 Å². The number of nitrogens with two attached hydrogens (primary N) is 1. The number of para-hydroxylation sites is 1. The van der Waals surface area contributed by atoms with Crippen molar-refractivity contribution >= 4 is 23.0 Å². The minimum atomic E-state index is -1.62. The van der Waals surface area contributed by atoms with E-state index in [9.17, 15) is 18.0 Å². The molecule has 0 aliphatic carbocycles. The standard InChI is InChI=1S/C14H11F3N2O2/c1-21-14(20)7-3-2-4-9(18)13(7)19-10-6-5-8(15)11(16)12(10)17/h2-6,19H,18H2,1H3. The zero-order chi connectivity index (χ0) is 15.6. The van der Waals surface area contributed by atoms with Gasteiger partial charge in [0.1, 0.15) is 0 Å². The predicted octanol–water partition coefficient (Wildman–Crippen LogP) is 3.22. The molecule has 4 nitrogen and oxygen atoms in total. The largest absolute Gasteiger partial charge is 0.465 e. The normalized spacial score (nSPS) is 10.3. The van der Waals surface area contributed by atoms with Crippen LogP contribution in [-0.4, -0.2) is 13.1 Å². The molecule has 0 saturated heterocycles. The zero-order valence-electron chi connectivity index (χ0n) is 10.9. The van der Waals surface area contributed by atoms with Crippen molar-refractivity contribution in [2.75, 3.05) is 18.2 Å². The van der Waals surface area contributed by atoms with Gasteiger partial charge in [0.15, 0.2) is 17.5 Å². The number of halogens is 3. The number of hydrogen-bond donors (Lipinski definition) is 2. The molecule has 21 heavy (non-hydrogen) atoms. The summed E-state index contributed by atoms with van der Waals surface area (Å²) in [4.78, 5) is 11.6. The van der Waals surface area contributed by atoms with E-state index >= 15 is 0 Å². The second-order valence-corrected chi connectivity index (χ2v) is 4.11. The number of benzene rings is 2. The Morgan fingerprint density at radius 3 is 2.52 bits per heavy atom. The first-order valence-corrected chi connectivity index (χ1v) is 5.83. The minimum Gasteiger partial charge on any atom is -0.465 e. The third-order valence-corrected chi connectivity index (χ3v) is 2.80. The maximum Gasteiger partial charge on any atom is 0.340 e. The molecule has 0 bridgehead atoms. The predicted molar refractivity (Wildman–Crippen MR) is 71.8 cm³/mol. The number of methoxy groups -OCH3 is 1. The molecule has 0 amide bonds. The summed E-state index contributed by atoms with van der Waals surface area (Å²) in [5.74, 6) is -5.04. The monoisotopic (exact) mass is 296 g/mol. The zero-order valence-corrected chi connectivity index (χ0v) is 10.9. The molecule has 0 saturated carbocycles. The summed E-state index contributed by atoms with van der Waals surface area (Å²) in [5, 5.41) is 2.48. The number of nitrogens with one attached hydrogen (secondary N) is 1. The number of carbonyl (C=O) groups is 1. The number of rotatable bonds is 3. The van der Waals surface area contributed by atoms with E-state index in [0.29, 0.717) is 0 Å². The summed E-state index contributed by atoms with van der Waals surface area (Å²) in [7, 11) is 1.17. The van der Waals surface area contributed by atoms with Crippen molar-refractivity contribution in [3.63, 3.8) is 0 Å². The minimum absolute atomic E-state index is 0.0432. The topological polar surface area (TPSA) is 64.3 Å². The highest BCUT2D eigenvalue weighted by Crippen LogP contribution is 2.30. The van der Waals surface area contributed by atoms with Crippen LogP contribution in [-0.2, 0) is 4.74 Å². The first kappa shape index (κ1) is 14.7. The molecular weight excluding hydrogens is 285 g/mol. The van der Waals surface area contributed by atoms with Crippen LogP contribution >= 0.6 is 0 Å². The summed E-state index contributed by atoms with van der Waals surface area (Å²) in [6.45, 7) is 0. The fourth-order valence-corrected chi connectivity index (χ4v) is 1.75. The lowest BCUT2D eigenvalue weighted by molar-refractivity contribution is 0.0602. The molecule has 2 aromatic carbocycles. The Balaban J connectivity index is 2.49. The van der Waals surface area contributed by atoms with Gasteiger partial charge in [-0.25, -0.2) is 18.0 Å². The molecule has 0 aliphatic rings. The van der Waals surface area contributed by atoms with Crippen LogP contribution in [0.1, 0.15) is 10.4 Å². The van der Waals surface area contributed by atoms with Gasteiger partial charge >= 0.3 is 5.97 Å². The summed E-state index contributed by atoms with van der Waals surface area (Å²) >= 11 is 0. The fourth-order valence-electron chi connectivity index (χ4n) is 1.75. The van der Waals surface area contributed by atoms with Gasteiger partial charge < -0.3 is 15.8 Å². The van der Waals surface area contributed by atoms with Crippen LogP contribution < -0.4 is 11.1 Å². The maximum atomic E-state index is 13.7. The summed E-state index contributed by atoms with van der Waals surface area (Å²) in [6, 6.07) is 6.14. The highest BCUT2D eigenvalue weighted by Gasteiger charge is 2.18. The maximum absolute atomic E-state index is 13.7. The summed E-state index contributed by atoms with van der Waals surface area (Å²) in [5.41, 5.74) is 5.59. The highest BCUT2D eigenvalue weighted by molar-refractivity contribution is 5.99. The lowest BCUT2D eigenvalue weighted by atomic mass is 10.1. The van der Waals surface area contributed by atoms with E-state index in [4.69, 9.17) is 5.73 Å². The van der Waals surface area contributed by atoms with Gasteiger partial charge in [0, 0.05) is 0 Å². The number of ether oxygens (including phenoxy) is 1. The molecule has 0 unspecified atom stereocenters. The van der Waals surface area contributed by atoms with Gasteiger partial charge in [-0.3, -0.25) is 0 Å². The highest BCUT2D eigenvalue weighted by atomic mass is 19.2. The van der Waals surface area contributed by atoms with Crippen molar-refractivity contribution in [3.8, 4) is 0 Å². The molecule has 0 fully saturated rings. The molecule has 2 aromatic rings. The molecule has 110 valence electrons. The van der Waals surface area contributed by atoms with E-state index in [1.165, 1.54) is 25.3 Å². The fraction of sp³-hybridized carbons (Fsp3) is 0.0714. The van der Waals surface area contributed by atoms with E-state index in [0.717, 1.165) is 12.1 Å². The molecule has 0 aliphatic heterocycles. The third-order valence-electron chi connectivity index (χ3n) is 2.80. The van der Waals surface area contributed by atoms with Crippen LogP contribution in [0.15, 0.2) is 30.3 Å². The number of esters is 1. The first-order chi connectivity index (χ1) is 9.95. The van der Waals surface area contributed by atoms with Crippen LogP contribution in [0, 0.1) is 17.5 Å². The van der Waals surface area contributed by atoms with Crippen molar-refractivity contribution < 1.29 is 22.7 Å². The smallest absolute Gasteiger partial charge is 0.340 e. The van der Waals surface area contributed by atoms with E-state index in [-0.39, 0.29) is 22.6 Å². The van der Waals surface area contributed by atoms with Gasteiger partial charge in [-0.2, -0.15) is 0 Å². The summed E-state index contributed by atoms with van der Waals surface area (Å²) < 4.78 is 44.3. The molecule has 0 aromatic heterocycles. The second kappa shape index (κ2) is 5.74. The van der Waals surface area contributed by atoms with Crippen LogP contribution in [0.2, 0.25) is 0 Å². The molecule has 2 rings (SSSR count). The Hall–Kier alpha value is -2.70. The Morgan fingerprint density at radius 2 is 1.86 bits per heavy atom. The van der Waals surface area contributed by atoms with Crippen molar-refractivity contribution in [2.24, 2.45) is 0 Å².